The van der Waals surface area contributed by atoms with Crippen molar-refractivity contribution in [3.05, 3.63) is 54.1 Å². The lowest BCUT2D eigenvalue weighted by Gasteiger charge is -2.12. The highest BCUT2D eigenvalue weighted by atomic mass is 32.2. The van der Waals surface area contributed by atoms with Crippen molar-refractivity contribution in [1.29, 1.82) is 0 Å². The quantitative estimate of drug-likeness (QED) is 0.661. The van der Waals surface area contributed by atoms with Gasteiger partial charge in [-0.3, -0.25) is 4.79 Å². The van der Waals surface area contributed by atoms with E-state index in [-0.39, 0.29) is 29.5 Å². The SMILES string of the molecule is CCOc1ccc(OCCNC(=O)c2cccc(S(=O)(=O)N(C)C)c2)cc1. The van der Waals surface area contributed by atoms with Crippen LogP contribution in [-0.2, 0) is 10.0 Å². The van der Waals surface area contributed by atoms with E-state index in [1.54, 1.807) is 24.3 Å². The average Bonchev–Trinajstić information content (AvgIpc) is 2.66. The number of hydrogen-bond acceptors (Lipinski definition) is 5. The van der Waals surface area contributed by atoms with Crippen molar-refractivity contribution >= 4 is 15.9 Å². The lowest BCUT2D eigenvalue weighted by atomic mass is 10.2. The Morgan fingerprint density at radius 3 is 2.26 bits per heavy atom. The number of ether oxygens (including phenoxy) is 2. The molecule has 0 fully saturated rings. The molecule has 1 amide bonds. The van der Waals surface area contributed by atoms with Gasteiger partial charge in [-0.15, -0.1) is 0 Å². The first kappa shape index (κ1) is 20.7. The molecule has 0 atom stereocenters. The summed E-state index contributed by atoms with van der Waals surface area (Å²) in [6.07, 6.45) is 0. The molecule has 0 aliphatic rings. The number of rotatable bonds is 9. The maximum Gasteiger partial charge on any atom is 0.251 e. The first-order valence-corrected chi connectivity index (χ1v) is 9.95. The van der Waals surface area contributed by atoms with Gasteiger partial charge >= 0.3 is 0 Å². The Morgan fingerprint density at radius 1 is 1.04 bits per heavy atom. The first-order valence-electron chi connectivity index (χ1n) is 8.51. The molecular weight excluding hydrogens is 368 g/mol. The van der Waals surface area contributed by atoms with E-state index in [0.717, 1.165) is 10.1 Å². The topological polar surface area (TPSA) is 84.9 Å². The van der Waals surface area contributed by atoms with Crippen LogP contribution in [0.1, 0.15) is 17.3 Å². The van der Waals surface area contributed by atoms with Gasteiger partial charge in [0.1, 0.15) is 18.1 Å². The first-order chi connectivity index (χ1) is 12.8. The standard InChI is InChI=1S/C19H24N2O5S/c1-4-25-16-8-10-17(11-9-16)26-13-12-20-19(22)15-6-5-7-18(14-15)27(23,24)21(2)3/h5-11,14H,4,12-13H2,1-3H3,(H,20,22). The number of hydrogen-bond donors (Lipinski definition) is 1. The maximum atomic E-state index is 12.2. The van der Waals surface area contributed by atoms with Crippen LogP contribution < -0.4 is 14.8 Å². The summed E-state index contributed by atoms with van der Waals surface area (Å²) in [5.74, 6) is 1.08. The molecule has 0 saturated carbocycles. The van der Waals surface area contributed by atoms with E-state index >= 15 is 0 Å². The molecule has 0 bridgehead atoms. The van der Waals surface area contributed by atoms with Crippen LogP contribution in [0.4, 0.5) is 0 Å². The predicted octanol–water partition coefficient (Wildman–Crippen LogP) is 2.14. The molecule has 0 aliphatic heterocycles. The van der Waals surface area contributed by atoms with Crippen LogP contribution in [0, 0.1) is 0 Å². The third-order valence-electron chi connectivity index (χ3n) is 3.67. The fourth-order valence-electron chi connectivity index (χ4n) is 2.24. The number of nitrogens with one attached hydrogen (secondary N) is 1. The van der Waals surface area contributed by atoms with E-state index in [9.17, 15) is 13.2 Å². The van der Waals surface area contributed by atoms with Gasteiger partial charge in [0.15, 0.2) is 0 Å². The van der Waals surface area contributed by atoms with Gasteiger partial charge in [-0.25, -0.2) is 12.7 Å². The van der Waals surface area contributed by atoms with Gasteiger partial charge in [0, 0.05) is 19.7 Å². The fourth-order valence-corrected chi connectivity index (χ4v) is 3.19. The van der Waals surface area contributed by atoms with Gasteiger partial charge in [0.2, 0.25) is 10.0 Å². The van der Waals surface area contributed by atoms with Gasteiger partial charge in [-0.2, -0.15) is 0 Å². The Hall–Kier alpha value is -2.58. The number of nitrogens with zero attached hydrogens (tertiary/aromatic N) is 1. The molecule has 27 heavy (non-hydrogen) atoms. The van der Waals surface area contributed by atoms with Gasteiger partial charge in [-0.05, 0) is 49.4 Å². The summed E-state index contributed by atoms with van der Waals surface area (Å²) in [5, 5.41) is 2.71. The zero-order chi connectivity index (χ0) is 19.9. The van der Waals surface area contributed by atoms with Crippen LogP contribution in [0.3, 0.4) is 0 Å². The minimum absolute atomic E-state index is 0.0748. The van der Waals surface area contributed by atoms with E-state index in [4.69, 9.17) is 9.47 Å². The summed E-state index contributed by atoms with van der Waals surface area (Å²) >= 11 is 0. The second-order valence-corrected chi connectivity index (χ2v) is 7.98. The maximum absolute atomic E-state index is 12.2. The van der Waals surface area contributed by atoms with Gasteiger partial charge in [0.05, 0.1) is 18.0 Å². The summed E-state index contributed by atoms with van der Waals surface area (Å²) in [7, 11) is -0.694. The van der Waals surface area contributed by atoms with Crippen molar-refractivity contribution in [2.45, 2.75) is 11.8 Å². The van der Waals surface area contributed by atoms with E-state index in [1.807, 2.05) is 19.1 Å². The highest BCUT2D eigenvalue weighted by molar-refractivity contribution is 7.89. The summed E-state index contributed by atoms with van der Waals surface area (Å²) in [4.78, 5) is 12.3. The number of carbonyl (C=O) groups excluding carboxylic acids is 1. The van der Waals surface area contributed by atoms with Crippen LogP contribution in [0.25, 0.3) is 0 Å². The molecule has 2 aromatic rings. The van der Waals surface area contributed by atoms with E-state index in [1.165, 1.54) is 26.2 Å². The van der Waals surface area contributed by atoms with Crippen molar-refractivity contribution < 1.29 is 22.7 Å². The van der Waals surface area contributed by atoms with Crippen molar-refractivity contribution in [3.8, 4) is 11.5 Å². The third kappa shape index (κ3) is 5.70. The van der Waals surface area contributed by atoms with Crippen LogP contribution in [0.5, 0.6) is 11.5 Å². The molecule has 1 N–H and O–H groups in total. The Morgan fingerprint density at radius 2 is 1.67 bits per heavy atom. The molecule has 2 rings (SSSR count). The van der Waals surface area contributed by atoms with Crippen LogP contribution >= 0.6 is 0 Å². The van der Waals surface area contributed by atoms with Crippen molar-refractivity contribution in [3.63, 3.8) is 0 Å². The normalized spacial score (nSPS) is 11.3. The zero-order valence-corrected chi connectivity index (χ0v) is 16.5. The zero-order valence-electron chi connectivity index (χ0n) is 15.6. The Balaban J connectivity index is 1.87. The van der Waals surface area contributed by atoms with E-state index in [0.29, 0.717) is 12.4 Å². The highest BCUT2D eigenvalue weighted by Crippen LogP contribution is 2.17. The highest BCUT2D eigenvalue weighted by Gasteiger charge is 2.18. The van der Waals surface area contributed by atoms with Gasteiger partial charge < -0.3 is 14.8 Å². The lowest BCUT2D eigenvalue weighted by molar-refractivity contribution is 0.0947. The predicted molar refractivity (Wildman–Crippen MR) is 103 cm³/mol. The fraction of sp³-hybridized carbons (Fsp3) is 0.316. The molecule has 8 heteroatoms. The largest absolute Gasteiger partial charge is 0.494 e. The summed E-state index contributed by atoms with van der Waals surface area (Å²) < 4.78 is 36.3. The molecule has 0 heterocycles. The molecule has 0 aromatic heterocycles. The van der Waals surface area contributed by atoms with E-state index in [2.05, 4.69) is 5.32 Å². The third-order valence-corrected chi connectivity index (χ3v) is 5.48. The smallest absolute Gasteiger partial charge is 0.251 e. The molecule has 0 saturated heterocycles. The monoisotopic (exact) mass is 392 g/mol. The molecule has 146 valence electrons. The summed E-state index contributed by atoms with van der Waals surface area (Å²) in [6.45, 7) is 3.09. The number of sulfonamides is 1. The van der Waals surface area contributed by atoms with Gasteiger partial charge in [-0.1, -0.05) is 6.07 Å². The molecule has 0 spiro atoms. The Bertz CT molecular complexity index is 864. The number of amides is 1. The molecule has 0 radical (unpaired) electrons. The van der Waals surface area contributed by atoms with Crippen LogP contribution in [-0.4, -0.2) is 52.5 Å². The van der Waals surface area contributed by atoms with E-state index < -0.39 is 10.0 Å². The average molecular weight is 392 g/mol. The van der Waals surface area contributed by atoms with Crippen molar-refractivity contribution in [1.82, 2.24) is 9.62 Å². The molecule has 7 nitrogen and oxygen atoms in total. The number of benzene rings is 2. The Kier molecular flexibility index (Phi) is 7.20. The molecule has 0 aliphatic carbocycles. The number of carbonyl (C=O) groups is 1. The lowest BCUT2D eigenvalue weighted by Crippen LogP contribution is -2.28. The van der Waals surface area contributed by atoms with Crippen LogP contribution in [0.15, 0.2) is 53.4 Å². The molecular formula is C19H24N2O5S. The minimum Gasteiger partial charge on any atom is -0.494 e. The van der Waals surface area contributed by atoms with Crippen molar-refractivity contribution in [2.24, 2.45) is 0 Å². The second-order valence-electron chi connectivity index (χ2n) is 5.82. The molecule has 2 aromatic carbocycles. The Labute approximate surface area is 160 Å². The van der Waals surface area contributed by atoms with Gasteiger partial charge in [0.25, 0.3) is 5.91 Å². The van der Waals surface area contributed by atoms with Crippen molar-refractivity contribution in [2.75, 3.05) is 33.9 Å². The summed E-state index contributed by atoms with van der Waals surface area (Å²) in [5.41, 5.74) is 0.277. The second kappa shape index (κ2) is 9.38. The summed E-state index contributed by atoms with van der Waals surface area (Å²) in [6, 6.07) is 13.1. The minimum atomic E-state index is -3.58. The van der Waals surface area contributed by atoms with Crippen LogP contribution in [0.2, 0.25) is 0 Å². The molecule has 0 unspecified atom stereocenters.